The second-order valence-corrected chi connectivity index (χ2v) is 10.8. The van der Waals surface area contributed by atoms with E-state index >= 15 is 8.78 Å². The van der Waals surface area contributed by atoms with Crippen molar-refractivity contribution in [1.29, 1.82) is 0 Å². The number of hydrogen-bond donors (Lipinski definition) is 2. The number of alkyl halides is 1. The summed E-state index contributed by atoms with van der Waals surface area (Å²) in [5, 5.41) is 14.3. The van der Waals surface area contributed by atoms with Crippen LogP contribution in [0.4, 0.5) is 20.5 Å². The van der Waals surface area contributed by atoms with E-state index in [4.69, 9.17) is 9.15 Å². The third kappa shape index (κ3) is 5.41. The van der Waals surface area contributed by atoms with E-state index in [1.165, 1.54) is 11.0 Å². The Morgan fingerprint density at radius 2 is 1.78 bits per heavy atom. The summed E-state index contributed by atoms with van der Waals surface area (Å²) in [4.78, 5) is 30.5. The van der Waals surface area contributed by atoms with Gasteiger partial charge in [-0.1, -0.05) is 42.5 Å². The summed E-state index contributed by atoms with van der Waals surface area (Å²) in [7, 11) is 0. The van der Waals surface area contributed by atoms with Gasteiger partial charge in [-0.2, -0.15) is 9.37 Å². The smallest absolute Gasteiger partial charge is 0.330 e. The molecule has 0 radical (unpaired) electrons. The Bertz CT molecular complexity index is 1590. The summed E-state index contributed by atoms with van der Waals surface area (Å²) >= 11 is 0. The van der Waals surface area contributed by atoms with E-state index in [2.05, 4.69) is 10.3 Å². The van der Waals surface area contributed by atoms with E-state index in [9.17, 15) is 14.7 Å². The fourth-order valence-electron chi connectivity index (χ4n) is 5.89. The van der Waals surface area contributed by atoms with Crippen molar-refractivity contribution in [3.8, 4) is 0 Å². The number of oxazole rings is 1. The molecule has 0 amide bonds. The van der Waals surface area contributed by atoms with Crippen molar-refractivity contribution in [2.45, 2.75) is 57.0 Å². The number of nitrogens with one attached hydrogen (secondary N) is 1. The fourth-order valence-corrected chi connectivity index (χ4v) is 5.89. The Balaban J connectivity index is 1.22. The largest absolute Gasteiger partial charge is 0.481 e. The zero-order valence-corrected chi connectivity index (χ0v) is 22.4. The van der Waals surface area contributed by atoms with Crippen molar-refractivity contribution in [3.05, 3.63) is 66.0 Å². The minimum Gasteiger partial charge on any atom is -0.481 e. The highest BCUT2D eigenvalue weighted by Gasteiger charge is 2.49. The lowest BCUT2D eigenvalue weighted by Crippen LogP contribution is -2.54. The van der Waals surface area contributed by atoms with Crippen LogP contribution in [-0.4, -0.2) is 51.9 Å². The highest BCUT2D eigenvalue weighted by molar-refractivity contribution is 5.95. The van der Waals surface area contributed by atoms with Crippen molar-refractivity contribution < 1.29 is 32.6 Å². The SMILES string of the molecule is O=C(Cc1ccc2nc(Nc3cccc4ccccc34)oc2c1F)C(F)(O[C@H]1CC[C@H](C(=O)O)CC1)N1CCCC1. The Morgan fingerprint density at radius 3 is 2.54 bits per heavy atom. The lowest BCUT2D eigenvalue weighted by molar-refractivity contribution is -0.252. The summed E-state index contributed by atoms with van der Waals surface area (Å²) in [5.41, 5.74) is 0.859. The number of nitrogens with zero attached hydrogens (tertiary/aromatic N) is 2. The Hall–Kier alpha value is -3.89. The van der Waals surface area contributed by atoms with Gasteiger partial charge in [-0.3, -0.25) is 9.59 Å². The van der Waals surface area contributed by atoms with Crippen LogP contribution in [0.3, 0.4) is 0 Å². The van der Waals surface area contributed by atoms with E-state index in [1.54, 1.807) is 6.07 Å². The molecular weight excluding hydrogens is 532 g/mol. The van der Waals surface area contributed by atoms with Crippen LogP contribution in [0.25, 0.3) is 21.9 Å². The molecule has 3 aromatic carbocycles. The number of benzene rings is 3. The minimum atomic E-state index is -2.72. The second-order valence-electron chi connectivity index (χ2n) is 10.8. The highest BCUT2D eigenvalue weighted by Crippen LogP contribution is 2.35. The monoisotopic (exact) mass is 563 g/mol. The van der Waals surface area contributed by atoms with E-state index in [-0.39, 0.29) is 22.7 Å². The van der Waals surface area contributed by atoms with Crippen LogP contribution < -0.4 is 5.32 Å². The zero-order chi connectivity index (χ0) is 28.6. The predicted molar refractivity (Wildman–Crippen MR) is 149 cm³/mol. The van der Waals surface area contributed by atoms with Crippen molar-refractivity contribution in [3.63, 3.8) is 0 Å². The molecule has 1 aromatic heterocycles. The second kappa shape index (κ2) is 11.2. The summed E-state index contributed by atoms with van der Waals surface area (Å²) < 4.78 is 43.7. The van der Waals surface area contributed by atoms with Gasteiger partial charge in [0, 0.05) is 24.9 Å². The average molecular weight is 564 g/mol. The first-order valence-electron chi connectivity index (χ1n) is 14.0. The number of aromatic nitrogens is 1. The molecule has 2 fully saturated rings. The first kappa shape index (κ1) is 27.3. The summed E-state index contributed by atoms with van der Waals surface area (Å²) in [6.07, 6.45) is 1.71. The number of rotatable bonds is 9. The topological polar surface area (TPSA) is 105 Å². The molecule has 1 unspecified atom stereocenters. The lowest BCUT2D eigenvalue weighted by Gasteiger charge is -2.37. The number of ether oxygens (including phenoxy) is 1. The number of carboxylic acid groups (broad SMARTS) is 1. The number of likely N-dealkylation sites (tertiary alicyclic amines) is 1. The number of anilines is 2. The number of aliphatic carboxylic acids is 1. The molecule has 1 atom stereocenters. The number of carbonyl (C=O) groups is 2. The van der Waals surface area contributed by atoms with Crippen LogP contribution in [0, 0.1) is 11.7 Å². The maximum Gasteiger partial charge on any atom is 0.330 e. The first-order chi connectivity index (χ1) is 19.8. The maximum atomic E-state index is 16.5. The Kier molecular flexibility index (Phi) is 7.44. The number of hydrogen-bond acceptors (Lipinski definition) is 7. The van der Waals surface area contributed by atoms with Crippen molar-refractivity contribution in [2.24, 2.45) is 5.92 Å². The number of carboxylic acids is 1. The van der Waals surface area contributed by atoms with Crippen LogP contribution in [0.2, 0.25) is 0 Å². The van der Waals surface area contributed by atoms with E-state index in [1.807, 2.05) is 42.5 Å². The molecule has 2 N–H and O–H groups in total. The number of fused-ring (bicyclic) bond motifs is 2. The molecule has 2 aliphatic rings. The number of ketones is 1. The fraction of sp³-hybridized carbons (Fsp3) is 0.387. The Morgan fingerprint density at radius 1 is 1.05 bits per heavy atom. The highest BCUT2D eigenvalue weighted by atomic mass is 19.2. The molecule has 1 saturated heterocycles. The van der Waals surface area contributed by atoms with Gasteiger partial charge in [0.05, 0.1) is 17.7 Å². The normalized spacial score (nSPS) is 21.2. The van der Waals surface area contributed by atoms with Crippen molar-refractivity contribution in [1.82, 2.24) is 9.88 Å². The van der Waals surface area contributed by atoms with Gasteiger partial charge in [-0.05, 0) is 61.6 Å². The molecule has 1 saturated carbocycles. The molecule has 10 heteroatoms. The number of carbonyl (C=O) groups excluding carboxylic acids is 1. The molecule has 1 aliphatic carbocycles. The quantitative estimate of drug-likeness (QED) is 0.227. The van der Waals surface area contributed by atoms with Gasteiger partial charge < -0.3 is 19.6 Å². The van der Waals surface area contributed by atoms with Gasteiger partial charge in [0.25, 0.3) is 6.01 Å². The third-order valence-electron chi connectivity index (χ3n) is 8.16. The standard InChI is InChI=1S/C31H31F2N3O5/c32-27-21(12-15-25-28(27)40-30(35-25)34-24-9-5-7-19-6-1-2-8-23(19)24)18-26(37)31(33,36-16-3-4-17-36)41-22-13-10-20(11-14-22)29(38)39/h1-2,5-9,12,15,20,22H,3-4,10-11,13-14,16-18H2,(H,34,35)(H,38,39)/t20-,22-,31?. The van der Waals surface area contributed by atoms with Crippen LogP contribution in [0.15, 0.2) is 59.0 Å². The van der Waals surface area contributed by atoms with Gasteiger partial charge >= 0.3 is 11.9 Å². The summed E-state index contributed by atoms with van der Waals surface area (Å²) in [5.74, 6) is -5.76. The van der Waals surface area contributed by atoms with Gasteiger partial charge in [0.1, 0.15) is 5.52 Å². The molecule has 1 aliphatic heterocycles. The van der Waals surface area contributed by atoms with Crippen molar-refractivity contribution in [2.75, 3.05) is 18.4 Å². The molecule has 41 heavy (non-hydrogen) atoms. The molecule has 4 aromatic rings. The van der Waals surface area contributed by atoms with Crippen LogP contribution in [0.1, 0.15) is 44.1 Å². The van der Waals surface area contributed by atoms with Crippen molar-refractivity contribution >= 4 is 45.3 Å². The minimum absolute atomic E-state index is 0.0187. The van der Waals surface area contributed by atoms with E-state index in [0.29, 0.717) is 38.8 Å². The molecule has 0 spiro atoms. The molecule has 8 nitrogen and oxygen atoms in total. The molecular formula is C31H31F2N3O5. The van der Waals surface area contributed by atoms with Crippen LogP contribution in [-0.2, 0) is 20.7 Å². The number of halogens is 2. The summed E-state index contributed by atoms with van der Waals surface area (Å²) in [6.45, 7) is 0.694. The third-order valence-corrected chi connectivity index (χ3v) is 8.16. The van der Waals surface area contributed by atoms with Crippen LogP contribution >= 0.6 is 0 Å². The summed E-state index contributed by atoms with van der Waals surface area (Å²) in [6, 6.07) is 16.6. The predicted octanol–water partition coefficient (Wildman–Crippen LogP) is 6.35. The number of Topliss-reactive ketones (excluding diaryl/α,β-unsaturated/α-hetero) is 1. The molecule has 2 heterocycles. The lowest BCUT2D eigenvalue weighted by atomic mass is 9.87. The van der Waals surface area contributed by atoms with Gasteiger partial charge in [-0.25, -0.2) is 9.29 Å². The molecule has 214 valence electrons. The first-order valence-corrected chi connectivity index (χ1v) is 14.0. The van der Waals surface area contributed by atoms with Gasteiger partial charge in [-0.15, -0.1) is 0 Å². The van der Waals surface area contributed by atoms with E-state index < -0.39 is 42.0 Å². The average Bonchev–Trinajstić information content (AvgIpc) is 3.66. The van der Waals surface area contributed by atoms with Crippen LogP contribution in [0.5, 0.6) is 0 Å². The maximum absolute atomic E-state index is 16.5. The van der Waals surface area contributed by atoms with E-state index in [0.717, 1.165) is 29.3 Å². The van der Waals surface area contributed by atoms with Gasteiger partial charge in [0.2, 0.25) is 5.78 Å². The van der Waals surface area contributed by atoms with Gasteiger partial charge in [0.15, 0.2) is 11.4 Å². The zero-order valence-electron chi connectivity index (χ0n) is 22.4. The Labute approximate surface area is 235 Å². The molecule has 6 rings (SSSR count). The molecule has 0 bridgehead atoms.